The van der Waals surface area contributed by atoms with Crippen molar-refractivity contribution >= 4 is 50.1 Å². The average Bonchev–Trinajstić information content (AvgIpc) is 2.95. The third kappa shape index (κ3) is 3.95. The van der Waals surface area contributed by atoms with Crippen molar-refractivity contribution in [2.24, 2.45) is 0 Å². The topological polar surface area (TPSA) is 48.4 Å². The van der Waals surface area contributed by atoms with Crippen LogP contribution >= 0.6 is 33.9 Å². The lowest BCUT2D eigenvalue weighted by Crippen LogP contribution is -2.14. The van der Waals surface area contributed by atoms with Crippen molar-refractivity contribution in [3.63, 3.8) is 0 Å². The third-order valence-corrected chi connectivity index (χ3v) is 4.59. The van der Waals surface area contributed by atoms with Gasteiger partial charge >= 0.3 is 5.97 Å². The van der Waals surface area contributed by atoms with Crippen LogP contribution in [0.5, 0.6) is 5.75 Å². The number of nitrogens with zero attached hydrogens (tertiary/aromatic N) is 1. The molecular formula is C16H12INO3S. The SMILES string of the molecule is O=C(COc1ccc(I)cc1)OCc1nc2ccccc2s1. The standard InChI is InChI=1S/C16H12INO3S/c17-11-5-7-12(8-6-11)20-10-16(19)21-9-15-18-13-3-1-2-4-14(13)22-15/h1-8H,9-10H2. The predicted molar refractivity (Wildman–Crippen MR) is 94.1 cm³/mol. The monoisotopic (exact) mass is 425 g/mol. The van der Waals surface area contributed by atoms with Crippen LogP contribution in [0.1, 0.15) is 5.01 Å². The fourth-order valence-electron chi connectivity index (χ4n) is 1.84. The Morgan fingerprint density at radius 2 is 1.91 bits per heavy atom. The molecule has 1 heterocycles. The molecule has 0 fully saturated rings. The first-order chi connectivity index (χ1) is 10.7. The Hall–Kier alpha value is -1.67. The van der Waals surface area contributed by atoms with Gasteiger partial charge in [0.05, 0.1) is 10.2 Å². The van der Waals surface area contributed by atoms with Crippen LogP contribution in [-0.4, -0.2) is 17.6 Å². The van der Waals surface area contributed by atoms with Crippen molar-refractivity contribution in [3.05, 3.63) is 57.1 Å². The first kappa shape index (κ1) is 15.2. The number of benzene rings is 2. The predicted octanol–water partition coefficient (Wildman–Crippen LogP) is 4.02. The fraction of sp³-hybridized carbons (Fsp3) is 0.125. The molecule has 0 aliphatic carbocycles. The molecule has 0 N–H and O–H groups in total. The Kier molecular flexibility index (Phi) is 4.89. The Morgan fingerprint density at radius 1 is 1.14 bits per heavy atom. The van der Waals surface area contributed by atoms with Gasteiger partial charge < -0.3 is 9.47 Å². The Labute approximate surface area is 145 Å². The van der Waals surface area contributed by atoms with Gasteiger partial charge in [-0.2, -0.15) is 0 Å². The molecule has 0 aliphatic rings. The smallest absolute Gasteiger partial charge is 0.344 e. The van der Waals surface area contributed by atoms with E-state index < -0.39 is 5.97 Å². The van der Waals surface area contributed by atoms with Crippen LogP contribution in [0.3, 0.4) is 0 Å². The largest absolute Gasteiger partial charge is 0.482 e. The minimum absolute atomic E-state index is 0.106. The van der Waals surface area contributed by atoms with Crippen molar-refractivity contribution < 1.29 is 14.3 Å². The molecule has 3 rings (SSSR count). The van der Waals surface area contributed by atoms with Gasteiger partial charge in [0.15, 0.2) is 6.61 Å². The normalized spacial score (nSPS) is 10.6. The Balaban J connectivity index is 1.50. The number of esters is 1. The zero-order chi connectivity index (χ0) is 15.4. The van der Waals surface area contributed by atoms with Crippen molar-refractivity contribution in [2.45, 2.75) is 6.61 Å². The number of hydrogen-bond donors (Lipinski definition) is 0. The Bertz CT molecular complexity index is 752. The maximum Gasteiger partial charge on any atom is 0.344 e. The van der Waals surface area contributed by atoms with E-state index in [1.54, 1.807) is 0 Å². The summed E-state index contributed by atoms with van der Waals surface area (Å²) in [6.07, 6.45) is 0. The lowest BCUT2D eigenvalue weighted by Gasteiger charge is -2.06. The number of hydrogen-bond acceptors (Lipinski definition) is 5. The van der Waals surface area contributed by atoms with Gasteiger partial charge in [-0.3, -0.25) is 0 Å². The van der Waals surface area contributed by atoms with E-state index in [0.717, 1.165) is 18.8 Å². The summed E-state index contributed by atoms with van der Waals surface area (Å²) in [5.41, 5.74) is 0.925. The number of aromatic nitrogens is 1. The highest BCUT2D eigenvalue weighted by molar-refractivity contribution is 14.1. The molecule has 6 heteroatoms. The van der Waals surface area contributed by atoms with E-state index >= 15 is 0 Å². The number of thiazole rings is 1. The summed E-state index contributed by atoms with van der Waals surface area (Å²) in [7, 11) is 0. The van der Waals surface area contributed by atoms with Crippen LogP contribution in [0.2, 0.25) is 0 Å². The van der Waals surface area contributed by atoms with Crippen molar-refractivity contribution in [1.29, 1.82) is 0 Å². The van der Waals surface area contributed by atoms with Crippen molar-refractivity contribution in [2.75, 3.05) is 6.61 Å². The average molecular weight is 425 g/mol. The van der Waals surface area contributed by atoms with E-state index in [9.17, 15) is 4.79 Å². The quantitative estimate of drug-likeness (QED) is 0.458. The summed E-state index contributed by atoms with van der Waals surface area (Å²) >= 11 is 3.74. The van der Waals surface area contributed by atoms with Crippen LogP contribution in [0, 0.1) is 3.57 Å². The number of rotatable bonds is 5. The van der Waals surface area contributed by atoms with Gasteiger partial charge in [0.2, 0.25) is 0 Å². The molecule has 0 bridgehead atoms. The molecule has 0 amide bonds. The molecule has 1 aromatic heterocycles. The summed E-state index contributed by atoms with van der Waals surface area (Å²) < 4.78 is 12.8. The van der Waals surface area contributed by atoms with Crippen LogP contribution in [0.25, 0.3) is 10.2 Å². The second-order valence-corrected chi connectivity index (χ2v) is 6.84. The van der Waals surface area contributed by atoms with Crippen LogP contribution in [-0.2, 0) is 16.1 Å². The first-order valence-electron chi connectivity index (χ1n) is 6.59. The summed E-state index contributed by atoms with van der Waals surface area (Å²) in [6.45, 7) is 0.0692. The lowest BCUT2D eigenvalue weighted by molar-refractivity contribution is -0.147. The van der Waals surface area contributed by atoms with Gasteiger partial charge in [-0.15, -0.1) is 11.3 Å². The first-order valence-corrected chi connectivity index (χ1v) is 8.49. The fourth-order valence-corrected chi connectivity index (χ4v) is 3.08. The third-order valence-electron chi connectivity index (χ3n) is 2.87. The van der Waals surface area contributed by atoms with Gasteiger partial charge in [0.1, 0.15) is 17.4 Å². The molecule has 0 radical (unpaired) electrons. The molecule has 22 heavy (non-hydrogen) atoms. The number of halogens is 1. The molecule has 2 aromatic carbocycles. The second kappa shape index (κ2) is 7.06. The van der Waals surface area contributed by atoms with E-state index in [4.69, 9.17) is 9.47 Å². The number of ether oxygens (including phenoxy) is 2. The van der Waals surface area contributed by atoms with Crippen molar-refractivity contribution in [1.82, 2.24) is 4.98 Å². The number of carbonyl (C=O) groups excluding carboxylic acids is 1. The van der Waals surface area contributed by atoms with Gasteiger partial charge in [-0.1, -0.05) is 12.1 Å². The summed E-state index contributed by atoms with van der Waals surface area (Å²) in [6, 6.07) is 15.3. The number of para-hydroxylation sites is 1. The second-order valence-electron chi connectivity index (χ2n) is 4.48. The highest BCUT2D eigenvalue weighted by Crippen LogP contribution is 2.22. The van der Waals surface area contributed by atoms with Gasteiger partial charge in [-0.05, 0) is 59.0 Å². The molecule has 0 aliphatic heterocycles. The maximum atomic E-state index is 11.7. The zero-order valence-electron chi connectivity index (χ0n) is 11.5. The number of carbonyl (C=O) groups is 1. The van der Waals surface area contributed by atoms with Crippen LogP contribution < -0.4 is 4.74 Å². The molecule has 0 saturated heterocycles. The molecule has 0 atom stereocenters. The molecule has 0 unspecified atom stereocenters. The van der Waals surface area contributed by atoms with E-state index in [1.807, 2.05) is 48.5 Å². The molecule has 112 valence electrons. The van der Waals surface area contributed by atoms with E-state index in [2.05, 4.69) is 27.6 Å². The summed E-state index contributed by atoms with van der Waals surface area (Å²) in [5, 5.41) is 0.781. The Morgan fingerprint density at radius 3 is 2.68 bits per heavy atom. The molecule has 4 nitrogen and oxygen atoms in total. The van der Waals surface area contributed by atoms with Gasteiger partial charge in [-0.25, -0.2) is 9.78 Å². The molecule has 0 saturated carbocycles. The lowest BCUT2D eigenvalue weighted by atomic mass is 10.3. The zero-order valence-corrected chi connectivity index (χ0v) is 14.5. The molecule has 3 aromatic rings. The van der Waals surface area contributed by atoms with Crippen LogP contribution in [0.15, 0.2) is 48.5 Å². The molecule has 0 spiro atoms. The minimum Gasteiger partial charge on any atom is -0.482 e. The van der Waals surface area contributed by atoms with Crippen LogP contribution in [0.4, 0.5) is 0 Å². The summed E-state index contributed by atoms with van der Waals surface area (Å²) in [5.74, 6) is 0.246. The highest BCUT2D eigenvalue weighted by atomic mass is 127. The van der Waals surface area contributed by atoms with E-state index in [1.165, 1.54) is 11.3 Å². The number of fused-ring (bicyclic) bond motifs is 1. The summed E-state index contributed by atoms with van der Waals surface area (Å²) in [4.78, 5) is 16.1. The van der Waals surface area contributed by atoms with Crippen molar-refractivity contribution in [3.8, 4) is 5.75 Å². The maximum absolute atomic E-state index is 11.7. The highest BCUT2D eigenvalue weighted by Gasteiger charge is 2.08. The van der Waals surface area contributed by atoms with E-state index in [-0.39, 0.29) is 13.2 Å². The van der Waals surface area contributed by atoms with Gasteiger partial charge in [0, 0.05) is 3.57 Å². The van der Waals surface area contributed by atoms with Gasteiger partial charge in [0.25, 0.3) is 0 Å². The molecular weight excluding hydrogens is 413 g/mol. The minimum atomic E-state index is -0.405. The van der Waals surface area contributed by atoms with E-state index in [0.29, 0.717) is 5.75 Å².